The number of ether oxygens (including phenoxy) is 6. The van der Waals surface area contributed by atoms with Crippen molar-refractivity contribution in [2.24, 2.45) is 16.7 Å². The van der Waals surface area contributed by atoms with Gasteiger partial charge in [0.2, 0.25) is 0 Å². The average molecular weight is 925 g/mol. The molecule has 2 bridgehead atoms. The Bertz CT molecular complexity index is 2710. The van der Waals surface area contributed by atoms with Gasteiger partial charge in [0, 0.05) is 49.3 Å². The molecule has 4 aliphatic rings. The van der Waals surface area contributed by atoms with Gasteiger partial charge in [-0.1, -0.05) is 105 Å². The van der Waals surface area contributed by atoms with E-state index in [1.807, 2.05) is 6.07 Å². The lowest BCUT2D eigenvalue weighted by atomic mass is 9.44. The zero-order valence-corrected chi connectivity index (χ0v) is 38.5. The standard InChI is InChI=1S/C54H52O14/c1-31-39(64-32(2)55)29-54(62)48(67-50(61)38-20-14-9-15-21-38)46-52(6,47(59)45(43(31)51(54,4)5)66-49(60)37-18-12-8-13-19-37)40(28-41-53(46,30-63-41)68-33(3)56)65-42(57)27-24-34-22-25-36(26-23-34)44(58)35-16-10-7-11-17-35/h7-27,39-41,45-46,48,62H,28-30H2,1-6H3/b27-24+/t39-,40-,41+,45+,46-,48-,52+,53-,54+/m0/s1. The van der Waals surface area contributed by atoms with E-state index in [1.165, 1.54) is 51.1 Å². The lowest BCUT2D eigenvalue weighted by Gasteiger charge is -2.67. The van der Waals surface area contributed by atoms with Crippen LogP contribution in [0.15, 0.2) is 132 Å². The van der Waals surface area contributed by atoms with Gasteiger partial charge in [-0.05, 0) is 60.9 Å². The molecule has 68 heavy (non-hydrogen) atoms. The summed E-state index contributed by atoms with van der Waals surface area (Å²) in [7, 11) is 0. The Morgan fingerprint density at radius 2 is 1.24 bits per heavy atom. The van der Waals surface area contributed by atoms with Gasteiger partial charge in [-0.25, -0.2) is 14.4 Å². The molecule has 1 saturated heterocycles. The number of carbonyl (C=O) groups is 7. The topological polar surface area (TPSA) is 195 Å². The summed E-state index contributed by atoms with van der Waals surface area (Å²) in [5.41, 5.74) is -5.85. The molecule has 3 fully saturated rings. The number of fused-ring (bicyclic) bond motifs is 5. The molecule has 0 amide bonds. The fraction of sp³-hybridized carbons (Fsp3) is 0.352. The predicted octanol–water partition coefficient (Wildman–Crippen LogP) is 7.01. The zero-order valence-electron chi connectivity index (χ0n) is 38.5. The van der Waals surface area contributed by atoms with Crippen LogP contribution in [0, 0.1) is 16.7 Å². The van der Waals surface area contributed by atoms with E-state index in [-0.39, 0.29) is 35.5 Å². The minimum atomic E-state index is -2.32. The van der Waals surface area contributed by atoms with Crippen LogP contribution in [0.2, 0.25) is 0 Å². The number of aliphatic hydroxyl groups is 1. The molecule has 1 heterocycles. The fourth-order valence-electron chi connectivity index (χ4n) is 10.8. The van der Waals surface area contributed by atoms with E-state index in [2.05, 4.69) is 0 Å². The van der Waals surface area contributed by atoms with E-state index in [9.17, 15) is 33.9 Å². The van der Waals surface area contributed by atoms with E-state index < -0.39 is 101 Å². The monoisotopic (exact) mass is 924 g/mol. The van der Waals surface area contributed by atoms with E-state index in [1.54, 1.807) is 106 Å². The molecule has 352 valence electrons. The molecule has 3 aliphatic carbocycles. The molecule has 0 unspecified atom stereocenters. The zero-order chi connectivity index (χ0) is 48.8. The van der Waals surface area contributed by atoms with Crippen molar-refractivity contribution in [1.29, 1.82) is 0 Å². The Hall–Kier alpha value is -7.03. The van der Waals surface area contributed by atoms with Gasteiger partial charge in [0.15, 0.2) is 23.3 Å². The smallest absolute Gasteiger partial charge is 0.339 e. The van der Waals surface area contributed by atoms with Gasteiger partial charge in [0.25, 0.3) is 0 Å². The number of hydrogen-bond acceptors (Lipinski definition) is 14. The van der Waals surface area contributed by atoms with Gasteiger partial charge in [0.05, 0.1) is 29.1 Å². The van der Waals surface area contributed by atoms with Crippen LogP contribution < -0.4 is 0 Å². The molecule has 0 spiro atoms. The maximum atomic E-state index is 16.3. The van der Waals surface area contributed by atoms with E-state index in [4.69, 9.17) is 28.4 Å². The van der Waals surface area contributed by atoms with Gasteiger partial charge >= 0.3 is 29.8 Å². The van der Waals surface area contributed by atoms with Crippen LogP contribution in [0.4, 0.5) is 0 Å². The van der Waals surface area contributed by atoms with Crippen LogP contribution >= 0.6 is 0 Å². The summed E-state index contributed by atoms with van der Waals surface area (Å²) < 4.78 is 37.3. The van der Waals surface area contributed by atoms with Crippen LogP contribution in [0.5, 0.6) is 0 Å². The van der Waals surface area contributed by atoms with Crippen LogP contribution in [0.3, 0.4) is 0 Å². The molecule has 2 saturated carbocycles. The molecule has 9 atom stereocenters. The molecule has 14 heteroatoms. The number of benzene rings is 4. The van der Waals surface area contributed by atoms with Crippen molar-refractivity contribution in [3.8, 4) is 0 Å². The molecular formula is C54H52O14. The molecule has 14 nitrogen and oxygen atoms in total. The molecule has 1 aliphatic heterocycles. The van der Waals surface area contributed by atoms with Crippen molar-refractivity contribution in [2.45, 2.75) is 96.1 Å². The van der Waals surface area contributed by atoms with Crippen molar-refractivity contribution in [3.63, 3.8) is 0 Å². The number of Topliss-reactive ketones (excluding diaryl/α,β-unsaturated/α-hetero) is 1. The third-order valence-corrected chi connectivity index (χ3v) is 14.3. The highest BCUT2D eigenvalue weighted by Crippen LogP contribution is 2.65. The van der Waals surface area contributed by atoms with Gasteiger partial charge < -0.3 is 33.5 Å². The average Bonchev–Trinajstić information content (AvgIpc) is 3.32. The number of rotatable bonds is 11. The van der Waals surface area contributed by atoms with Crippen LogP contribution in [-0.2, 0) is 47.6 Å². The lowest BCUT2D eigenvalue weighted by Crippen LogP contribution is -2.82. The third-order valence-electron chi connectivity index (χ3n) is 14.3. The second-order valence-corrected chi connectivity index (χ2v) is 18.6. The van der Waals surface area contributed by atoms with Crippen molar-refractivity contribution >= 4 is 47.5 Å². The number of carbonyl (C=O) groups excluding carboxylic acids is 7. The second kappa shape index (κ2) is 18.2. The number of ketones is 2. The van der Waals surface area contributed by atoms with Crippen molar-refractivity contribution in [2.75, 3.05) is 6.61 Å². The van der Waals surface area contributed by atoms with Gasteiger partial charge in [0.1, 0.15) is 30.0 Å². The van der Waals surface area contributed by atoms with E-state index in [0.717, 1.165) is 6.08 Å². The third kappa shape index (κ3) is 8.25. The summed E-state index contributed by atoms with van der Waals surface area (Å²) in [6.07, 6.45) is -5.43. The molecule has 4 aromatic rings. The first-order chi connectivity index (χ1) is 32.3. The molecule has 0 radical (unpaired) electrons. The molecule has 4 aromatic carbocycles. The summed E-state index contributed by atoms with van der Waals surface area (Å²) in [5, 5.41) is 13.8. The fourth-order valence-corrected chi connectivity index (χ4v) is 10.8. The summed E-state index contributed by atoms with van der Waals surface area (Å²) >= 11 is 0. The lowest BCUT2D eigenvalue weighted by molar-refractivity contribution is -0.346. The van der Waals surface area contributed by atoms with Crippen LogP contribution in [0.25, 0.3) is 6.08 Å². The summed E-state index contributed by atoms with van der Waals surface area (Å²) in [6, 6.07) is 31.2. The SMILES string of the molecule is CC(=O)O[C@H]1C[C@@]2(O)[C@@H](OC(=O)c3ccccc3)[C@@H]3[C@]4(OC(C)=O)CO[C@@H]4C[C@H](OC(=O)/C=C/c4ccc(C(=O)c5ccccc5)cc4)[C@@]3(C)C(=O)[C@H](OC(=O)c3ccccc3)C(=C1C)C2(C)C. The highest BCUT2D eigenvalue weighted by atomic mass is 16.6. The van der Waals surface area contributed by atoms with Gasteiger partial charge in [-0.15, -0.1) is 0 Å². The van der Waals surface area contributed by atoms with Crippen molar-refractivity contribution < 1.29 is 67.1 Å². The van der Waals surface area contributed by atoms with Crippen molar-refractivity contribution in [1.82, 2.24) is 0 Å². The second-order valence-electron chi connectivity index (χ2n) is 18.6. The van der Waals surface area contributed by atoms with E-state index in [0.29, 0.717) is 22.3 Å². The minimum absolute atomic E-state index is 0.0694. The Morgan fingerprint density at radius 3 is 1.76 bits per heavy atom. The summed E-state index contributed by atoms with van der Waals surface area (Å²) in [6.45, 7) is 8.32. The molecule has 8 rings (SSSR count). The Kier molecular flexibility index (Phi) is 12.7. The maximum absolute atomic E-state index is 16.3. The molecule has 0 aromatic heterocycles. The highest BCUT2D eigenvalue weighted by molar-refractivity contribution is 6.09. The molecule has 1 N–H and O–H groups in total. The van der Waals surface area contributed by atoms with E-state index >= 15 is 4.79 Å². The van der Waals surface area contributed by atoms with Crippen LogP contribution in [0.1, 0.15) is 96.6 Å². The summed E-state index contributed by atoms with van der Waals surface area (Å²) in [5.74, 6) is -6.83. The number of esters is 5. The van der Waals surface area contributed by atoms with Gasteiger partial charge in [-0.3, -0.25) is 19.2 Å². The highest BCUT2D eigenvalue weighted by Gasteiger charge is 2.79. The first-order valence-corrected chi connectivity index (χ1v) is 22.4. The maximum Gasteiger partial charge on any atom is 0.339 e. The Balaban J connectivity index is 1.29. The van der Waals surface area contributed by atoms with Crippen LogP contribution in [-0.4, -0.2) is 94.8 Å². The van der Waals surface area contributed by atoms with Gasteiger partial charge in [-0.2, -0.15) is 0 Å². The minimum Gasteiger partial charge on any atom is -0.458 e. The quantitative estimate of drug-likeness (QED) is 0.0530. The Labute approximate surface area is 393 Å². The normalized spacial score (nSPS) is 29.1. The summed E-state index contributed by atoms with van der Waals surface area (Å²) in [4.78, 5) is 98.3. The largest absolute Gasteiger partial charge is 0.458 e. The first-order valence-electron chi connectivity index (χ1n) is 22.4. The predicted molar refractivity (Wildman–Crippen MR) is 244 cm³/mol. The van der Waals surface area contributed by atoms with Crippen molar-refractivity contribution in [3.05, 3.63) is 160 Å². The molecular weight excluding hydrogens is 873 g/mol. The first kappa shape index (κ1) is 47.5. The Morgan fingerprint density at radius 1 is 0.691 bits per heavy atom. The number of hydrogen-bond donors (Lipinski definition) is 1.